The number of aromatic nitrogens is 3. The second kappa shape index (κ2) is 14.0. The maximum absolute atomic E-state index is 12.3. The number of rotatable bonds is 13. The summed E-state index contributed by atoms with van der Waals surface area (Å²) in [6.45, 7) is 9.08. The summed E-state index contributed by atoms with van der Waals surface area (Å²) in [5, 5.41) is 12.5. The highest BCUT2D eigenvalue weighted by Gasteiger charge is 2.22. The van der Waals surface area contributed by atoms with E-state index in [4.69, 9.17) is 10.5 Å². The number of ether oxygens (including phenoxy) is 1. The minimum Gasteiger partial charge on any atom is -0.381 e. The third kappa shape index (κ3) is 8.11. The highest BCUT2D eigenvalue weighted by molar-refractivity contribution is 5.96. The van der Waals surface area contributed by atoms with Gasteiger partial charge < -0.3 is 36.6 Å². The Morgan fingerprint density at radius 3 is 2.64 bits per heavy atom. The molecule has 6 N–H and O–H groups in total. The Bertz CT molecular complexity index is 1180. The van der Waals surface area contributed by atoms with Crippen molar-refractivity contribution in [3.8, 4) is 0 Å². The fourth-order valence-corrected chi connectivity index (χ4v) is 3.90. The van der Waals surface area contributed by atoms with Crippen LogP contribution in [0.15, 0.2) is 31.0 Å². The minimum atomic E-state index is -0.685. The van der Waals surface area contributed by atoms with Crippen molar-refractivity contribution in [2.24, 2.45) is 5.73 Å². The Labute approximate surface area is 228 Å². The average molecular weight is 540 g/mol. The molecular formula is C26H37N9O4. The highest BCUT2D eigenvalue weighted by atomic mass is 16.5. The number of carbonyl (C=O) groups excluding carboxylic acids is 3. The summed E-state index contributed by atoms with van der Waals surface area (Å²) in [6, 6.07) is 3.04. The lowest BCUT2D eigenvalue weighted by Crippen LogP contribution is -2.46. The maximum Gasteiger partial charge on any atom is 0.271 e. The highest BCUT2D eigenvalue weighted by Crippen LogP contribution is 2.25. The summed E-state index contributed by atoms with van der Waals surface area (Å²) in [5.41, 5.74) is 6.95. The van der Waals surface area contributed by atoms with Crippen molar-refractivity contribution in [3.05, 3.63) is 42.4 Å². The summed E-state index contributed by atoms with van der Waals surface area (Å²) < 4.78 is 5.44. The molecule has 210 valence electrons. The third-order valence-corrected chi connectivity index (χ3v) is 6.33. The number of likely N-dealkylation sites (N-methyl/N-ethyl adjacent to an activating group) is 1. The van der Waals surface area contributed by atoms with Crippen LogP contribution in [0.2, 0.25) is 0 Å². The van der Waals surface area contributed by atoms with E-state index in [1.54, 1.807) is 32.3 Å². The fourth-order valence-electron chi connectivity index (χ4n) is 3.90. The molecule has 13 heteroatoms. The summed E-state index contributed by atoms with van der Waals surface area (Å²) in [4.78, 5) is 51.0. The topological polar surface area (TPSA) is 176 Å². The van der Waals surface area contributed by atoms with E-state index in [-0.39, 0.29) is 29.4 Å². The van der Waals surface area contributed by atoms with E-state index in [1.165, 1.54) is 4.90 Å². The van der Waals surface area contributed by atoms with Crippen molar-refractivity contribution in [2.75, 3.05) is 49.3 Å². The second-order valence-corrected chi connectivity index (χ2v) is 9.07. The van der Waals surface area contributed by atoms with Gasteiger partial charge in [0.05, 0.1) is 5.69 Å². The van der Waals surface area contributed by atoms with Crippen LogP contribution in [-0.2, 0) is 20.7 Å². The molecule has 0 unspecified atom stereocenters. The summed E-state index contributed by atoms with van der Waals surface area (Å²) in [6.07, 6.45) is 5.05. The van der Waals surface area contributed by atoms with Crippen LogP contribution >= 0.6 is 0 Å². The summed E-state index contributed by atoms with van der Waals surface area (Å²) in [5.74, 6) is 0.0941. The Kier molecular flexibility index (Phi) is 10.6. The van der Waals surface area contributed by atoms with Crippen molar-refractivity contribution in [2.45, 2.75) is 45.2 Å². The molecule has 0 aliphatic carbocycles. The Morgan fingerprint density at radius 2 is 1.97 bits per heavy atom. The third-order valence-electron chi connectivity index (χ3n) is 6.33. The van der Waals surface area contributed by atoms with Crippen LogP contribution < -0.4 is 27.0 Å². The Balaban J connectivity index is 1.65. The monoisotopic (exact) mass is 539 g/mol. The largest absolute Gasteiger partial charge is 0.381 e. The number of nitrogens with one attached hydrogen (secondary N) is 4. The molecule has 1 saturated heterocycles. The van der Waals surface area contributed by atoms with Crippen molar-refractivity contribution in [3.63, 3.8) is 0 Å². The van der Waals surface area contributed by atoms with Crippen LogP contribution in [0.1, 0.15) is 42.9 Å². The van der Waals surface area contributed by atoms with E-state index >= 15 is 0 Å². The number of nitrogens with zero attached hydrogens (tertiary/aromatic N) is 4. The zero-order valence-corrected chi connectivity index (χ0v) is 22.6. The van der Waals surface area contributed by atoms with Gasteiger partial charge >= 0.3 is 0 Å². The van der Waals surface area contributed by atoms with Gasteiger partial charge in [-0.2, -0.15) is 0 Å². The number of primary amides is 1. The van der Waals surface area contributed by atoms with Gasteiger partial charge in [-0.05, 0) is 38.3 Å². The first-order valence-electron chi connectivity index (χ1n) is 12.9. The van der Waals surface area contributed by atoms with E-state index in [2.05, 4.69) is 42.8 Å². The van der Waals surface area contributed by atoms with Gasteiger partial charge in [0.1, 0.15) is 11.9 Å². The molecule has 1 atom stereocenters. The molecule has 2 aromatic heterocycles. The molecule has 0 radical (unpaired) electrons. The van der Waals surface area contributed by atoms with Gasteiger partial charge in [-0.1, -0.05) is 13.5 Å². The molecule has 1 fully saturated rings. The molecule has 3 amide bonds. The van der Waals surface area contributed by atoms with E-state index in [0.717, 1.165) is 18.9 Å². The summed E-state index contributed by atoms with van der Waals surface area (Å²) >= 11 is 0. The minimum absolute atomic E-state index is 0.0486. The van der Waals surface area contributed by atoms with Crippen LogP contribution in [0.25, 0.3) is 0 Å². The number of carbonyl (C=O) groups is 3. The van der Waals surface area contributed by atoms with Crippen LogP contribution in [0, 0.1) is 0 Å². The fraction of sp³-hybridized carbons (Fsp3) is 0.462. The number of hydrogen-bond acceptors (Lipinski definition) is 10. The standard InChI is InChI=1S/C26H37N9O4/c1-5-19-24(31-17-8-13-39-14-9-17)34-25(22(33-19)23(27)37)32-18-7-10-28-20(15-18)29-11-12-30-26(38)16(3)35(4)21(36)6-2/h6-7,10,15-17H,2,5,8-9,11-14H2,1,3-4H3,(H2,27,37)(H,30,38)(H3,28,29,31,32,34)/t16-/m0/s1. The van der Waals surface area contributed by atoms with Crippen LogP contribution in [0.5, 0.6) is 0 Å². The Morgan fingerprint density at radius 1 is 1.23 bits per heavy atom. The van der Waals surface area contributed by atoms with Crippen molar-refractivity contribution >= 4 is 40.9 Å². The molecule has 0 saturated carbocycles. The molecule has 39 heavy (non-hydrogen) atoms. The molecule has 3 heterocycles. The first kappa shape index (κ1) is 29.3. The molecule has 0 spiro atoms. The molecule has 1 aliphatic rings. The normalized spacial score (nSPS) is 14.1. The zero-order valence-electron chi connectivity index (χ0n) is 22.6. The second-order valence-electron chi connectivity index (χ2n) is 9.07. The van der Waals surface area contributed by atoms with Crippen LogP contribution in [0.3, 0.4) is 0 Å². The molecule has 0 bridgehead atoms. The molecule has 1 aliphatic heterocycles. The molecule has 2 aromatic rings. The number of amides is 3. The summed E-state index contributed by atoms with van der Waals surface area (Å²) in [7, 11) is 1.54. The molecule has 3 rings (SSSR count). The zero-order chi connectivity index (χ0) is 28.4. The van der Waals surface area contributed by atoms with Gasteiger partial charge in [0.2, 0.25) is 11.8 Å². The molecule has 13 nitrogen and oxygen atoms in total. The number of anilines is 4. The van der Waals surface area contributed by atoms with Crippen molar-refractivity contribution in [1.29, 1.82) is 0 Å². The van der Waals surface area contributed by atoms with Gasteiger partial charge in [0, 0.05) is 57.3 Å². The SMILES string of the molecule is C=CC(=O)N(C)[C@@H](C)C(=O)NCCNc1cc(Nc2nc(NC3CCOCC3)c(CC)nc2C(N)=O)ccn1. The van der Waals surface area contributed by atoms with Crippen LogP contribution in [0.4, 0.5) is 23.1 Å². The maximum atomic E-state index is 12.3. The lowest BCUT2D eigenvalue weighted by molar-refractivity contribution is -0.134. The molecule has 0 aromatic carbocycles. The quantitative estimate of drug-likeness (QED) is 0.185. The number of nitrogens with two attached hydrogens (primary N) is 1. The van der Waals surface area contributed by atoms with E-state index in [1.807, 2.05) is 6.92 Å². The predicted octanol–water partition coefficient (Wildman–Crippen LogP) is 1.43. The Hall–Kier alpha value is -4.26. The molecular weight excluding hydrogens is 502 g/mol. The van der Waals surface area contributed by atoms with Gasteiger partial charge in [0.25, 0.3) is 5.91 Å². The lowest BCUT2D eigenvalue weighted by atomic mass is 10.1. The lowest BCUT2D eigenvalue weighted by Gasteiger charge is -2.25. The first-order chi connectivity index (χ1) is 18.7. The van der Waals surface area contributed by atoms with Crippen LogP contribution in [-0.4, -0.2) is 83.0 Å². The van der Waals surface area contributed by atoms with Crippen molar-refractivity contribution in [1.82, 2.24) is 25.2 Å². The van der Waals surface area contributed by atoms with Gasteiger partial charge in [-0.25, -0.2) is 15.0 Å². The van der Waals surface area contributed by atoms with E-state index in [9.17, 15) is 14.4 Å². The predicted molar refractivity (Wildman–Crippen MR) is 149 cm³/mol. The smallest absolute Gasteiger partial charge is 0.271 e. The van der Waals surface area contributed by atoms with Gasteiger partial charge in [-0.15, -0.1) is 0 Å². The van der Waals surface area contributed by atoms with E-state index in [0.29, 0.717) is 55.7 Å². The first-order valence-corrected chi connectivity index (χ1v) is 12.9. The van der Waals surface area contributed by atoms with Gasteiger partial charge in [0.15, 0.2) is 17.3 Å². The number of hydrogen-bond donors (Lipinski definition) is 5. The number of aryl methyl sites for hydroxylation is 1. The number of pyridine rings is 1. The van der Waals surface area contributed by atoms with E-state index < -0.39 is 11.9 Å². The average Bonchev–Trinajstić information content (AvgIpc) is 2.94. The van der Waals surface area contributed by atoms with Gasteiger partial charge in [-0.3, -0.25) is 14.4 Å². The van der Waals surface area contributed by atoms with Crippen molar-refractivity contribution < 1.29 is 19.1 Å².